The predicted octanol–water partition coefficient (Wildman–Crippen LogP) is 6.47. The van der Waals surface area contributed by atoms with Crippen LogP contribution in [0.2, 0.25) is 0 Å². The van der Waals surface area contributed by atoms with Gasteiger partial charge in [-0.2, -0.15) is 0 Å². The number of aromatic nitrogens is 1. The summed E-state index contributed by atoms with van der Waals surface area (Å²) in [6.45, 7) is 3.12. The van der Waals surface area contributed by atoms with E-state index in [0.29, 0.717) is 0 Å². The maximum Gasteiger partial charge on any atom is 0.120 e. The Balaban J connectivity index is 1.45. The monoisotopic (exact) mass is 301 g/mol. The smallest absolute Gasteiger partial charge is 0.120 e. The van der Waals surface area contributed by atoms with Crippen LogP contribution in [0, 0.1) is 0 Å². The van der Waals surface area contributed by atoms with Gasteiger partial charge in [0, 0.05) is 17.1 Å². The second-order valence-corrected chi connectivity index (χ2v) is 6.26. The zero-order chi connectivity index (χ0) is 15.5. The van der Waals surface area contributed by atoms with Crippen LogP contribution in [-0.2, 0) is 0 Å². The average molecular weight is 301 g/mol. The number of hydrogen-bond donors (Lipinski definition) is 1. The van der Waals surface area contributed by atoms with Gasteiger partial charge >= 0.3 is 0 Å². The minimum atomic E-state index is 0.840. The van der Waals surface area contributed by atoms with Crippen molar-refractivity contribution in [2.45, 2.75) is 71.1 Å². The van der Waals surface area contributed by atoms with Crippen molar-refractivity contribution in [2.24, 2.45) is 0 Å². The molecule has 0 spiro atoms. The van der Waals surface area contributed by atoms with Crippen molar-refractivity contribution in [1.29, 1.82) is 0 Å². The van der Waals surface area contributed by atoms with Gasteiger partial charge in [-0.05, 0) is 30.7 Å². The van der Waals surface area contributed by atoms with E-state index in [9.17, 15) is 0 Å². The van der Waals surface area contributed by atoms with E-state index in [0.717, 1.165) is 12.4 Å². The molecular formula is C20H31NO. The number of rotatable bonds is 12. The first kappa shape index (κ1) is 16.9. The summed E-state index contributed by atoms with van der Waals surface area (Å²) in [5.74, 6) is 0.989. The van der Waals surface area contributed by atoms with Crippen LogP contribution in [0.15, 0.2) is 30.5 Å². The van der Waals surface area contributed by atoms with Crippen LogP contribution in [-0.4, -0.2) is 11.6 Å². The van der Waals surface area contributed by atoms with Gasteiger partial charge in [-0.15, -0.1) is 0 Å². The molecule has 1 N–H and O–H groups in total. The molecular weight excluding hydrogens is 270 g/mol. The van der Waals surface area contributed by atoms with Crippen LogP contribution in [0.5, 0.6) is 5.75 Å². The fourth-order valence-electron chi connectivity index (χ4n) is 2.90. The topological polar surface area (TPSA) is 25.0 Å². The average Bonchev–Trinajstić information content (AvgIpc) is 3.00. The third-order valence-corrected chi connectivity index (χ3v) is 4.29. The third kappa shape index (κ3) is 6.13. The van der Waals surface area contributed by atoms with Crippen LogP contribution < -0.4 is 4.74 Å². The zero-order valence-electron chi connectivity index (χ0n) is 14.1. The van der Waals surface area contributed by atoms with Gasteiger partial charge < -0.3 is 9.72 Å². The second kappa shape index (κ2) is 10.3. The van der Waals surface area contributed by atoms with Gasteiger partial charge in [0.2, 0.25) is 0 Å². The highest BCUT2D eigenvalue weighted by atomic mass is 16.5. The highest BCUT2D eigenvalue weighted by molar-refractivity contribution is 5.80. The molecule has 2 nitrogen and oxygen atoms in total. The number of aromatic amines is 1. The molecule has 0 fully saturated rings. The Morgan fingerprint density at radius 3 is 2.23 bits per heavy atom. The van der Waals surface area contributed by atoms with Crippen molar-refractivity contribution in [3.63, 3.8) is 0 Å². The number of nitrogens with one attached hydrogen (secondary N) is 1. The van der Waals surface area contributed by atoms with Gasteiger partial charge in [0.25, 0.3) is 0 Å². The van der Waals surface area contributed by atoms with E-state index in [1.807, 2.05) is 6.20 Å². The van der Waals surface area contributed by atoms with Crippen molar-refractivity contribution >= 4 is 10.9 Å². The van der Waals surface area contributed by atoms with Gasteiger partial charge in [0.15, 0.2) is 0 Å². The van der Waals surface area contributed by atoms with Crippen molar-refractivity contribution < 1.29 is 4.74 Å². The molecule has 0 bridgehead atoms. The molecule has 0 aliphatic carbocycles. The number of ether oxygens (including phenoxy) is 1. The number of hydrogen-bond acceptors (Lipinski definition) is 1. The van der Waals surface area contributed by atoms with Crippen LogP contribution in [0.3, 0.4) is 0 Å². The summed E-state index contributed by atoms with van der Waals surface area (Å²) in [5.41, 5.74) is 1.17. The van der Waals surface area contributed by atoms with Crippen LogP contribution in [0.1, 0.15) is 71.1 Å². The number of benzene rings is 1. The minimum Gasteiger partial charge on any atom is -0.494 e. The Hall–Kier alpha value is -1.44. The molecule has 0 unspecified atom stereocenters. The standard InChI is InChI=1S/C20H31NO/c1-2-3-4-5-6-7-8-9-10-11-16-22-19-12-13-20-18(17-19)14-15-21-20/h12-15,17,21H,2-11,16H2,1H3. The molecule has 0 amide bonds. The van der Waals surface area contributed by atoms with Gasteiger partial charge in [-0.3, -0.25) is 0 Å². The Bertz CT molecular complexity index is 517. The molecule has 2 rings (SSSR count). The number of H-pyrrole nitrogens is 1. The number of fused-ring (bicyclic) bond motifs is 1. The normalized spacial score (nSPS) is 11.1. The molecule has 1 aromatic heterocycles. The van der Waals surface area contributed by atoms with E-state index in [-0.39, 0.29) is 0 Å². The first-order valence-electron chi connectivity index (χ1n) is 9.10. The summed E-state index contributed by atoms with van der Waals surface area (Å²) in [6.07, 6.45) is 15.6. The second-order valence-electron chi connectivity index (χ2n) is 6.26. The maximum atomic E-state index is 5.84. The molecule has 0 radical (unpaired) electrons. The first-order valence-corrected chi connectivity index (χ1v) is 9.10. The summed E-state index contributed by atoms with van der Waals surface area (Å²) in [5, 5.41) is 1.22. The van der Waals surface area contributed by atoms with Crippen molar-refractivity contribution in [3.05, 3.63) is 30.5 Å². The Morgan fingerprint density at radius 2 is 1.50 bits per heavy atom. The molecule has 22 heavy (non-hydrogen) atoms. The summed E-state index contributed by atoms with van der Waals surface area (Å²) in [6, 6.07) is 8.34. The van der Waals surface area contributed by atoms with Gasteiger partial charge in [-0.25, -0.2) is 0 Å². The first-order chi connectivity index (χ1) is 10.9. The number of unbranched alkanes of at least 4 members (excludes halogenated alkanes) is 9. The van der Waals surface area contributed by atoms with Gasteiger partial charge in [0.1, 0.15) is 5.75 Å². The Kier molecular flexibility index (Phi) is 7.93. The Morgan fingerprint density at radius 1 is 0.818 bits per heavy atom. The summed E-state index contributed by atoms with van der Waals surface area (Å²) in [7, 11) is 0. The highest BCUT2D eigenvalue weighted by Crippen LogP contribution is 2.20. The zero-order valence-corrected chi connectivity index (χ0v) is 14.1. The van der Waals surface area contributed by atoms with E-state index >= 15 is 0 Å². The van der Waals surface area contributed by atoms with E-state index in [4.69, 9.17) is 4.74 Å². The molecule has 2 heteroatoms. The molecule has 1 aromatic carbocycles. The van der Waals surface area contributed by atoms with Crippen LogP contribution in [0.4, 0.5) is 0 Å². The van der Waals surface area contributed by atoms with E-state index in [1.54, 1.807) is 0 Å². The summed E-state index contributed by atoms with van der Waals surface area (Å²) < 4.78 is 5.84. The lowest BCUT2D eigenvalue weighted by molar-refractivity contribution is 0.304. The fraction of sp³-hybridized carbons (Fsp3) is 0.600. The summed E-state index contributed by atoms with van der Waals surface area (Å²) >= 11 is 0. The van der Waals surface area contributed by atoms with Gasteiger partial charge in [-0.1, -0.05) is 64.7 Å². The van der Waals surface area contributed by atoms with E-state index in [1.165, 1.54) is 75.1 Å². The third-order valence-electron chi connectivity index (χ3n) is 4.29. The van der Waals surface area contributed by atoms with E-state index in [2.05, 4.69) is 36.2 Å². The SMILES string of the molecule is CCCCCCCCCCCCOc1ccc2[nH]ccc2c1. The van der Waals surface area contributed by atoms with Crippen molar-refractivity contribution in [3.8, 4) is 5.75 Å². The minimum absolute atomic E-state index is 0.840. The van der Waals surface area contributed by atoms with Crippen molar-refractivity contribution in [1.82, 2.24) is 4.98 Å². The highest BCUT2D eigenvalue weighted by Gasteiger charge is 1.98. The Labute approximate surface area is 135 Å². The van der Waals surface area contributed by atoms with Crippen LogP contribution >= 0.6 is 0 Å². The molecule has 0 saturated heterocycles. The molecule has 0 saturated carbocycles. The fourth-order valence-corrected chi connectivity index (χ4v) is 2.90. The molecule has 122 valence electrons. The lowest BCUT2D eigenvalue weighted by Gasteiger charge is -2.06. The van der Waals surface area contributed by atoms with Crippen molar-refractivity contribution in [2.75, 3.05) is 6.61 Å². The maximum absolute atomic E-state index is 5.84. The quantitative estimate of drug-likeness (QED) is 0.447. The van der Waals surface area contributed by atoms with E-state index < -0.39 is 0 Å². The molecule has 0 aliphatic heterocycles. The summed E-state index contributed by atoms with van der Waals surface area (Å²) in [4.78, 5) is 3.20. The lowest BCUT2D eigenvalue weighted by Crippen LogP contribution is -1.97. The van der Waals surface area contributed by atoms with Crippen LogP contribution in [0.25, 0.3) is 10.9 Å². The largest absolute Gasteiger partial charge is 0.494 e. The molecule has 0 atom stereocenters. The molecule has 2 aromatic rings. The molecule has 0 aliphatic rings. The lowest BCUT2D eigenvalue weighted by atomic mass is 10.1. The van der Waals surface area contributed by atoms with Gasteiger partial charge in [0.05, 0.1) is 6.61 Å². The molecule has 1 heterocycles. The predicted molar refractivity (Wildman–Crippen MR) is 95.6 cm³/mol.